The highest BCUT2D eigenvalue weighted by molar-refractivity contribution is 5.81. The molecule has 0 aliphatic carbocycles. The summed E-state index contributed by atoms with van der Waals surface area (Å²) in [4.78, 5) is 2.54. The summed E-state index contributed by atoms with van der Waals surface area (Å²) in [5, 5.41) is 11.9. The molecule has 0 saturated carbocycles. The van der Waals surface area contributed by atoms with Crippen LogP contribution in [0.1, 0.15) is 58.1 Å². The van der Waals surface area contributed by atoms with Crippen molar-refractivity contribution in [3.63, 3.8) is 0 Å². The average molecular weight is 311 g/mol. The number of hydrogen-bond acceptors (Lipinski definition) is 4. The van der Waals surface area contributed by atoms with Crippen LogP contribution in [0.4, 0.5) is 5.69 Å². The Bertz CT molecular complexity index is 700. The monoisotopic (exact) mass is 311 g/mol. The van der Waals surface area contributed by atoms with Crippen molar-refractivity contribution in [2.24, 2.45) is 5.10 Å². The standard InChI is InChI=1S/C18H25N5/c1-13(2)23-17-7-6-15(10-21-22-11-19-20-12-22)8-16(17)14(3)9-18(23,4)5/h6-8,10-14H,9H2,1-5H3/b21-10-/t14-/m1/s1. The molecule has 5 nitrogen and oxygen atoms in total. The second-order valence-electron chi connectivity index (χ2n) is 7.29. The van der Waals surface area contributed by atoms with Crippen LogP contribution in [-0.2, 0) is 0 Å². The Labute approximate surface area is 138 Å². The van der Waals surface area contributed by atoms with Crippen LogP contribution in [0.15, 0.2) is 36.0 Å². The molecule has 0 radical (unpaired) electrons. The van der Waals surface area contributed by atoms with E-state index in [1.165, 1.54) is 11.3 Å². The summed E-state index contributed by atoms with van der Waals surface area (Å²) in [6.07, 6.45) is 6.18. The predicted octanol–water partition coefficient (Wildman–Crippen LogP) is 3.66. The Hall–Kier alpha value is -2.17. The maximum absolute atomic E-state index is 4.35. The third-order valence-corrected chi connectivity index (χ3v) is 4.56. The summed E-state index contributed by atoms with van der Waals surface area (Å²) < 4.78 is 1.60. The molecule has 2 heterocycles. The number of hydrogen-bond donors (Lipinski definition) is 0. The molecule has 0 unspecified atom stereocenters. The van der Waals surface area contributed by atoms with Gasteiger partial charge in [0.15, 0.2) is 0 Å². The number of nitrogens with zero attached hydrogens (tertiary/aromatic N) is 5. The first kappa shape index (κ1) is 15.7. The van der Waals surface area contributed by atoms with E-state index in [-0.39, 0.29) is 5.54 Å². The fourth-order valence-corrected chi connectivity index (χ4v) is 3.92. The lowest BCUT2D eigenvalue weighted by Gasteiger charge is -2.50. The first-order valence-corrected chi connectivity index (χ1v) is 8.21. The van der Waals surface area contributed by atoms with Crippen molar-refractivity contribution < 1.29 is 0 Å². The van der Waals surface area contributed by atoms with Gasteiger partial charge in [-0.3, -0.25) is 0 Å². The summed E-state index contributed by atoms with van der Waals surface area (Å²) in [6, 6.07) is 7.11. The molecule has 1 aliphatic heterocycles. The highest BCUT2D eigenvalue weighted by Crippen LogP contribution is 2.44. The zero-order valence-corrected chi connectivity index (χ0v) is 14.6. The van der Waals surface area contributed by atoms with Crippen LogP contribution >= 0.6 is 0 Å². The van der Waals surface area contributed by atoms with Gasteiger partial charge in [-0.05, 0) is 63.3 Å². The second kappa shape index (κ2) is 5.80. The van der Waals surface area contributed by atoms with Crippen LogP contribution in [0.2, 0.25) is 0 Å². The van der Waals surface area contributed by atoms with E-state index in [0.717, 1.165) is 12.0 Å². The number of benzene rings is 1. The molecule has 5 heteroatoms. The zero-order chi connectivity index (χ0) is 16.6. The van der Waals surface area contributed by atoms with Gasteiger partial charge in [-0.2, -0.15) is 5.10 Å². The van der Waals surface area contributed by atoms with Crippen LogP contribution in [0.5, 0.6) is 0 Å². The molecule has 0 fully saturated rings. The summed E-state index contributed by atoms with van der Waals surface area (Å²) in [6.45, 7) is 11.5. The summed E-state index contributed by atoms with van der Waals surface area (Å²) in [5.41, 5.74) is 4.04. The molecule has 1 aliphatic rings. The van der Waals surface area contributed by atoms with E-state index in [0.29, 0.717) is 12.0 Å². The van der Waals surface area contributed by atoms with Gasteiger partial charge >= 0.3 is 0 Å². The lowest BCUT2D eigenvalue weighted by Crippen LogP contribution is -2.51. The van der Waals surface area contributed by atoms with E-state index < -0.39 is 0 Å². The highest BCUT2D eigenvalue weighted by Gasteiger charge is 2.37. The van der Waals surface area contributed by atoms with Crippen molar-refractivity contribution in [1.82, 2.24) is 14.9 Å². The van der Waals surface area contributed by atoms with Gasteiger partial charge in [0.05, 0.1) is 6.21 Å². The van der Waals surface area contributed by atoms with Crippen LogP contribution in [0, 0.1) is 0 Å². The maximum atomic E-state index is 4.35. The normalized spacial score (nSPS) is 20.3. The molecule has 1 atom stereocenters. The third-order valence-electron chi connectivity index (χ3n) is 4.56. The summed E-state index contributed by atoms with van der Waals surface area (Å²) >= 11 is 0. The van der Waals surface area contributed by atoms with Crippen LogP contribution in [0.25, 0.3) is 0 Å². The van der Waals surface area contributed by atoms with Crippen molar-refractivity contribution >= 4 is 11.9 Å². The Balaban J connectivity index is 1.97. The molecule has 0 spiro atoms. The maximum Gasteiger partial charge on any atom is 0.141 e. The predicted molar refractivity (Wildman–Crippen MR) is 94.2 cm³/mol. The van der Waals surface area contributed by atoms with Crippen LogP contribution in [0.3, 0.4) is 0 Å². The SMILES string of the molecule is CC(C)N1c2ccc(/C=N\n3cnnc3)cc2[C@H](C)CC1(C)C. The van der Waals surface area contributed by atoms with E-state index in [9.17, 15) is 0 Å². The van der Waals surface area contributed by atoms with Gasteiger partial charge < -0.3 is 4.90 Å². The number of fused-ring (bicyclic) bond motifs is 1. The molecule has 0 saturated heterocycles. The minimum absolute atomic E-state index is 0.179. The first-order valence-electron chi connectivity index (χ1n) is 8.21. The smallest absolute Gasteiger partial charge is 0.141 e. The third kappa shape index (κ3) is 3.00. The molecule has 23 heavy (non-hydrogen) atoms. The summed E-state index contributed by atoms with van der Waals surface area (Å²) in [7, 11) is 0. The quantitative estimate of drug-likeness (QED) is 0.813. The van der Waals surface area contributed by atoms with Crippen molar-refractivity contribution in [3.05, 3.63) is 42.0 Å². The lowest BCUT2D eigenvalue weighted by molar-refractivity contribution is 0.356. The zero-order valence-electron chi connectivity index (χ0n) is 14.6. The number of aromatic nitrogens is 3. The van der Waals surface area contributed by atoms with Crippen LogP contribution in [-0.4, -0.2) is 32.7 Å². The van der Waals surface area contributed by atoms with E-state index in [2.05, 4.69) is 73.0 Å². The fraction of sp³-hybridized carbons (Fsp3) is 0.500. The molecular formula is C18H25N5. The van der Waals surface area contributed by atoms with E-state index in [4.69, 9.17) is 0 Å². The van der Waals surface area contributed by atoms with Gasteiger partial charge in [-0.1, -0.05) is 13.0 Å². The topological polar surface area (TPSA) is 46.3 Å². The van der Waals surface area contributed by atoms with Crippen molar-refractivity contribution in [2.75, 3.05) is 4.90 Å². The minimum Gasteiger partial charge on any atom is -0.364 e. The Kier molecular flexibility index (Phi) is 3.96. The largest absolute Gasteiger partial charge is 0.364 e. The van der Waals surface area contributed by atoms with Gasteiger partial charge in [0.1, 0.15) is 12.7 Å². The molecule has 2 aromatic rings. The van der Waals surface area contributed by atoms with Gasteiger partial charge in [0, 0.05) is 17.3 Å². The van der Waals surface area contributed by atoms with Crippen molar-refractivity contribution in [1.29, 1.82) is 0 Å². The van der Waals surface area contributed by atoms with E-state index >= 15 is 0 Å². The van der Waals surface area contributed by atoms with Crippen molar-refractivity contribution in [2.45, 2.75) is 58.5 Å². The Morgan fingerprint density at radius 3 is 2.61 bits per heavy atom. The van der Waals surface area contributed by atoms with Crippen LogP contribution < -0.4 is 4.90 Å². The number of anilines is 1. The first-order chi connectivity index (χ1) is 10.9. The van der Waals surface area contributed by atoms with E-state index in [1.54, 1.807) is 17.3 Å². The average Bonchev–Trinajstić information content (AvgIpc) is 2.97. The summed E-state index contributed by atoms with van der Waals surface area (Å²) in [5.74, 6) is 0.540. The molecule has 1 aromatic heterocycles. The molecule has 122 valence electrons. The van der Waals surface area contributed by atoms with E-state index in [1.807, 2.05) is 6.21 Å². The van der Waals surface area contributed by atoms with Gasteiger partial charge in [0.2, 0.25) is 0 Å². The lowest BCUT2D eigenvalue weighted by atomic mass is 9.79. The molecule has 1 aromatic carbocycles. The molecule has 3 rings (SSSR count). The van der Waals surface area contributed by atoms with Gasteiger partial charge in [-0.15, -0.1) is 10.2 Å². The molecule has 0 amide bonds. The van der Waals surface area contributed by atoms with Gasteiger partial charge in [0.25, 0.3) is 0 Å². The number of rotatable bonds is 3. The van der Waals surface area contributed by atoms with Crippen molar-refractivity contribution in [3.8, 4) is 0 Å². The van der Waals surface area contributed by atoms with Gasteiger partial charge in [-0.25, -0.2) is 4.68 Å². The molecule has 0 bridgehead atoms. The molecular weight excluding hydrogens is 286 g/mol. The Morgan fingerprint density at radius 2 is 1.96 bits per heavy atom. The second-order valence-corrected chi connectivity index (χ2v) is 7.29. The minimum atomic E-state index is 0.179. The molecule has 0 N–H and O–H groups in total. The Morgan fingerprint density at radius 1 is 1.26 bits per heavy atom. The fourth-order valence-electron chi connectivity index (χ4n) is 3.92. The highest BCUT2D eigenvalue weighted by atomic mass is 15.4.